The van der Waals surface area contributed by atoms with Crippen molar-refractivity contribution in [2.45, 2.75) is 13.8 Å². The van der Waals surface area contributed by atoms with E-state index in [9.17, 15) is 0 Å². The zero-order chi connectivity index (χ0) is 7.56. The van der Waals surface area contributed by atoms with E-state index >= 15 is 0 Å². The van der Waals surface area contributed by atoms with E-state index in [0.717, 1.165) is 0 Å². The highest BCUT2D eigenvalue weighted by Crippen LogP contribution is 2.22. The third-order valence-corrected chi connectivity index (χ3v) is 2.27. The Bertz CT molecular complexity index is 207. The van der Waals surface area contributed by atoms with Crippen molar-refractivity contribution in [3.8, 4) is 0 Å². The number of rotatable bonds is 2. The molecule has 0 N–H and O–H groups in total. The zero-order valence-corrected chi connectivity index (χ0v) is 7.24. The van der Waals surface area contributed by atoms with Gasteiger partial charge in [-0.2, -0.15) is 11.3 Å². The second-order valence-corrected chi connectivity index (χ2v) is 3.47. The summed E-state index contributed by atoms with van der Waals surface area (Å²) in [5.41, 5.74) is 2.53. The van der Waals surface area contributed by atoms with Gasteiger partial charge in [-0.05, 0) is 33.9 Å². The molecule has 0 nitrogen and oxygen atoms in total. The highest BCUT2D eigenvalue weighted by molar-refractivity contribution is 7.08. The molecule has 0 bridgehead atoms. The molecule has 1 heteroatoms. The summed E-state index contributed by atoms with van der Waals surface area (Å²) >= 11 is 1.72. The summed E-state index contributed by atoms with van der Waals surface area (Å²) in [4.78, 5) is 0. The van der Waals surface area contributed by atoms with Crippen LogP contribution >= 0.6 is 11.3 Å². The Kier molecular flexibility index (Phi) is 2.28. The summed E-state index contributed by atoms with van der Waals surface area (Å²) in [5, 5.41) is 4.23. The van der Waals surface area contributed by atoms with Crippen LogP contribution in [0.15, 0.2) is 23.4 Å². The van der Waals surface area contributed by atoms with Crippen LogP contribution in [-0.4, -0.2) is 0 Å². The molecular weight excluding hydrogens is 140 g/mol. The first-order valence-electron chi connectivity index (χ1n) is 3.43. The van der Waals surface area contributed by atoms with Crippen molar-refractivity contribution < 1.29 is 0 Å². The fourth-order valence-corrected chi connectivity index (χ4v) is 1.46. The van der Waals surface area contributed by atoms with Gasteiger partial charge in [-0.3, -0.25) is 0 Å². The highest BCUT2D eigenvalue weighted by Gasteiger charge is 2.02. The molecule has 0 saturated carbocycles. The van der Waals surface area contributed by atoms with E-state index in [1.165, 1.54) is 11.1 Å². The molecule has 0 fully saturated rings. The average Bonchev–Trinajstić information content (AvgIpc) is 2.36. The zero-order valence-electron chi connectivity index (χ0n) is 6.42. The fourth-order valence-electron chi connectivity index (χ4n) is 0.781. The smallest absolute Gasteiger partial charge is 0.00181 e. The van der Waals surface area contributed by atoms with Crippen LogP contribution in [0, 0.1) is 5.92 Å². The van der Waals surface area contributed by atoms with Crippen molar-refractivity contribution in [1.29, 1.82) is 0 Å². The van der Waals surface area contributed by atoms with E-state index < -0.39 is 0 Å². The lowest BCUT2D eigenvalue weighted by Crippen LogP contribution is -1.88. The lowest BCUT2D eigenvalue weighted by molar-refractivity contribution is 0.858. The minimum Gasteiger partial charge on any atom is -0.152 e. The molecule has 1 rings (SSSR count). The second-order valence-electron chi connectivity index (χ2n) is 2.69. The van der Waals surface area contributed by atoms with Crippen molar-refractivity contribution in [2.75, 3.05) is 0 Å². The van der Waals surface area contributed by atoms with Crippen LogP contribution in [0.2, 0.25) is 0 Å². The van der Waals surface area contributed by atoms with E-state index in [4.69, 9.17) is 0 Å². The van der Waals surface area contributed by atoms with Gasteiger partial charge in [0.25, 0.3) is 0 Å². The predicted molar refractivity (Wildman–Crippen MR) is 48.2 cm³/mol. The Balaban J connectivity index is 2.78. The minimum atomic E-state index is 0.564. The number of hydrogen-bond donors (Lipinski definition) is 0. The Morgan fingerprint density at radius 3 is 2.70 bits per heavy atom. The van der Waals surface area contributed by atoms with Crippen LogP contribution in [0.1, 0.15) is 19.4 Å². The van der Waals surface area contributed by atoms with Crippen molar-refractivity contribution in [3.63, 3.8) is 0 Å². The van der Waals surface area contributed by atoms with Gasteiger partial charge in [-0.15, -0.1) is 0 Å². The molecular formula is C9H12S. The molecule has 0 aliphatic heterocycles. The van der Waals surface area contributed by atoms with Gasteiger partial charge in [0.15, 0.2) is 0 Å². The van der Waals surface area contributed by atoms with Crippen LogP contribution < -0.4 is 0 Å². The number of thiophene rings is 1. The maximum Gasteiger partial charge on any atom is -0.00181 e. The first kappa shape index (κ1) is 7.55. The van der Waals surface area contributed by atoms with Crippen molar-refractivity contribution in [3.05, 3.63) is 29.0 Å². The quantitative estimate of drug-likeness (QED) is 0.609. The topological polar surface area (TPSA) is 0 Å². The van der Waals surface area contributed by atoms with E-state index in [-0.39, 0.29) is 0 Å². The second kappa shape index (κ2) is 3.02. The summed E-state index contributed by atoms with van der Waals surface area (Å²) in [7, 11) is 0. The molecule has 10 heavy (non-hydrogen) atoms. The van der Waals surface area contributed by atoms with Gasteiger partial charge in [0.05, 0.1) is 0 Å². The van der Waals surface area contributed by atoms with Gasteiger partial charge in [-0.25, -0.2) is 0 Å². The Morgan fingerprint density at radius 1 is 1.60 bits per heavy atom. The van der Waals surface area contributed by atoms with E-state index in [2.05, 4.69) is 37.3 Å². The molecule has 0 spiro atoms. The lowest BCUT2D eigenvalue weighted by atomic mass is 10.0. The van der Waals surface area contributed by atoms with Gasteiger partial charge in [0, 0.05) is 0 Å². The van der Waals surface area contributed by atoms with Gasteiger partial charge < -0.3 is 0 Å². The lowest BCUT2D eigenvalue weighted by Gasteiger charge is -2.05. The summed E-state index contributed by atoms with van der Waals surface area (Å²) < 4.78 is 0. The maximum absolute atomic E-state index is 4.00. The summed E-state index contributed by atoms with van der Waals surface area (Å²) in [5.74, 6) is 0.564. The molecule has 1 aromatic heterocycles. The molecule has 0 aliphatic carbocycles. The molecule has 0 saturated heterocycles. The van der Waals surface area contributed by atoms with Crippen LogP contribution in [0.3, 0.4) is 0 Å². The van der Waals surface area contributed by atoms with Crippen molar-refractivity contribution >= 4 is 16.9 Å². The van der Waals surface area contributed by atoms with Gasteiger partial charge in [-0.1, -0.05) is 20.4 Å². The predicted octanol–water partition coefficient (Wildman–Crippen LogP) is 3.42. The van der Waals surface area contributed by atoms with Crippen molar-refractivity contribution in [1.82, 2.24) is 0 Å². The third-order valence-electron chi connectivity index (χ3n) is 1.59. The third kappa shape index (κ3) is 1.48. The average molecular weight is 152 g/mol. The summed E-state index contributed by atoms with van der Waals surface area (Å²) in [6, 6.07) is 2.12. The standard InChI is InChI=1S/C9H12S/c1-7(2)8(3)9-4-5-10-6-9/h4-7H,3H2,1-2H3. The van der Waals surface area contributed by atoms with E-state index in [1.54, 1.807) is 11.3 Å². The van der Waals surface area contributed by atoms with Crippen LogP contribution in [0.5, 0.6) is 0 Å². The normalized spacial score (nSPS) is 10.3. The molecule has 0 radical (unpaired) electrons. The summed E-state index contributed by atoms with van der Waals surface area (Å²) in [6.07, 6.45) is 0. The van der Waals surface area contributed by atoms with E-state index in [0.29, 0.717) is 5.92 Å². The minimum absolute atomic E-state index is 0.564. The van der Waals surface area contributed by atoms with Crippen molar-refractivity contribution in [2.24, 2.45) is 5.92 Å². The van der Waals surface area contributed by atoms with Gasteiger partial charge >= 0.3 is 0 Å². The summed E-state index contributed by atoms with van der Waals surface area (Å²) in [6.45, 7) is 8.34. The van der Waals surface area contributed by atoms with E-state index in [1.807, 2.05) is 0 Å². The Morgan fingerprint density at radius 2 is 2.30 bits per heavy atom. The SMILES string of the molecule is C=C(c1ccsc1)C(C)C. The molecule has 0 atom stereocenters. The maximum atomic E-state index is 4.00. The molecule has 54 valence electrons. The fraction of sp³-hybridized carbons (Fsp3) is 0.333. The van der Waals surface area contributed by atoms with Gasteiger partial charge in [0.2, 0.25) is 0 Å². The van der Waals surface area contributed by atoms with Gasteiger partial charge in [0.1, 0.15) is 0 Å². The molecule has 0 aliphatic rings. The molecule has 0 amide bonds. The molecule has 0 aromatic carbocycles. The molecule has 1 heterocycles. The first-order valence-corrected chi connectivity index (χ1v) is 4.37. The van der Waals surface area contributed by atoms with Crippen LogP contribution in [0.4, 0.5) is 0 Å². The number of allylic oxidation sites excluding steroid dienone is 1. The molecule has 0 unspecified atom stereocenters. The Hall–Kier alpha value is -0.560. The van der Waals surface area contributed by atoms with Crippen LogP contribution in [0.25, 0.3) is 5.57 Å². The Labute approximate surface area is 66.2 Å². The number of hydrogen-bond acceptors (Lipinski definition) is 1. The monoisotopic (exact) mass is 152 g/mol. The largest absolute Gasteiger partial charge is 0.152 e. The first-order chi connectivity index (χ1) is 4.72. The van der Waals surface area contributed by atoms with Crippen LogP contribution in [-0.2, 0) is 0 Å². The highest BCUT2D eigenvalue weighted by atomic mass is 32.1. The molecule has 1 aromatic rings.